The van der Waals surface area contributed by atoms with Crippen LogP contribution in [0, 0.1) is 12.8 Å². The summed E-state index contributed by atoms with van der Waals surface area (Å²) in [6.07, 6.45) is 3.63. The molecule has 0 atom stereocenters. The number of hydrogen-bond acceptors (Lipinski definition) is 2. The van der Waals surface area contributed by atoms with Gasteiger partial charge in [0.15, 0.2) is 0 Å². The van der Waals surface area contributed by atoms with E-state index in [9.17, 15) is 4.79 Å². The topological polar surface area (TPSA) is 32.3 Å². The molecular formula is C17H25BrN2O. The van der Waals surface area contributed by atoms with Crippen molar-refractivity contribution in [3.8, 4) is 0 Å². The molecular weight excluding hydrogens is 328 g/mol. The highest BCUT2D eigenvalue weighted by atomic mass is 79.9. The second-order valence-electron chi connectivity index (χ2n) is 6.12. The number of rotatable bonds is 5. The quantitative estimate of drug-likeness (QED) is 0.821. The van der Waals surface area contributed by atoms with Gasteiger partial charge in [0.1, 0.15) is 0 Å². The highest BCUT2D eigenvalue weighted by Gasteiger charge is 2.15. The molecule has 0 radical (unpaired) electrons. The van der Waals surface area contributed by atoms with Crippen molar-refractivity contribution in [2.24, 2.45) is 5.92 Å². The number of amides is 1. The van der Waals surface area contributed by atoms with Gasteiger partial charge in [0.2, 0.25) is 0 Å². The van der Waals surface area contributed by atoms with Gasteiger partial charge in [-0.3, -0.25) is 4.79 Å². The van der Waals surface area contributed by atoms with Crippen molar-refractivity contribution in [3.63, 3.8) is 0 Å². The molecule has 1 aliphatic heterocycles. The number of nitrogens with one attached hydrogen (secondary N) is 1. The largest absolute Gasteiger partial charge is 0.352 e. The second kappa shape index (κ2) is 7.95. The monoisotopic (exact) mass is 352 g/mol. The van der Waals surface area contributed by atoms with Gasteiger partial charge in [-0.1, -0.05) is 13.0 Å². The summed E-state index contributed by atoms with van der Waals surface area (Å²) in [7, 11) is 0. The number of aryl methyl sites for hydroxylation is 1. The molecule has 0 unspecified atom stereocenters. The summed E-state index contributed by atoms with van der Waals surface area (Å²) in [4.78, 5) is 14.6. The molecule has 1 aliphatic rings. The van der Waals surface area contributed by atoms with E-state index in [1.807, 2.05) is 25.1 Å². The molecule has 0 spiro atoms. The van der Waals surface area contributed by atoms with Crippen LogP contribution < -0.4 is 5.32 Å². The Balaban J connectivity index is 1.69. The molecule has 1 N–H and O–H groups in total. The van der Waals surface area contributed by atoms with Gasteiger partial charge in [-0.15, -0.1) is 0 Å². The molecule has 116 valence electrons. The van der Waals surface area contributed by atoms with E-state index >= 15 is 0 Å². The molecule has 1 fully saturated rings. The Hall–Kier alpha value is -0.870. The van der Waals surface area contributed by atoms with Gasteiger partial charge in [-0.2, -0.15) is 0 Å². The summed E-state index contributed by atoms with van der Waals surface area (Å²) in [5, 5.41) is 3.01. The third-order valence-electron chi connectivity index (χ3n) is 4.18. The van der Waals surface area contributed by atoms with Crippen molar-refractivity contribution in [2.75, 3.05) is 26.2 Å². The molecule has 4 heteroatoms. The smallest absolute Gasteiger partial charge is 0.252 e. The molecule has 0 aromatic heterocycles. The first-order valence-corrected chi connectivity index (χ1v) is 8.62. The summed E-state index contributed by atoms with van der Waals surface area (Å²) in [6.45, 7) is 8.59. The Bertz CT molecular complexity index is 482. The summed E-state index contributed by atoms with van der Waals surface area (Å²) < 4.78 is 0.866. The van der Waals surface area contributed by atoms with Gasteiger partial charge in [-0.05, 0) is 85.4 Å². The standard InChI is InChI=1S/C17H25BrN2O/c1-13-6-10-20(11-7-13)9-3-8-19-17(21)15-5-4-14(2)12-16(15)18/h4-5,12-13H,3,6-11H2,1-2H3,(H,19,21). The minimum absolute atomic E-state index is 0.00846. The number of hydrogen-bond donors (Lipinski definition) is 1. The van der Waals surface area contributed by atoms with E-state index in [2.05, 4.69) is 33.1 Å². The zero-order valence-electron chi connectivity index (χ0n) is 13.0. The van der Waals surface area contributed by atoms with Crippen molar-refractivity contribution in [1.82, 2.24) is 10.2 Å². The predicted octanol–water partition coefficient (Wildman–Crippen LogP) is 3.61. The van der Waals surface area contributed by atoms with Crippen LogP contribution in [0.15, 0.2) is 22.7 Å². The Kier molecular flexibility index (Phi) is 6.24. The molecule has 0 aliphatic carbocycles. The lowest BCUT2D eigenvalue weighted by atomic mass is 9.99. The first-order chi connectivity index (χ1) is 10.1. The highest BCUT2D eigenvalue weighted by Crippen LogP contribution is 2.18. The summed E-state index contributed by atoms with van der Waals surface area (Å²) >= 11 is 3.46. The average molecular weight is 353 g/mol. The van der Waals surface area contributed by atoms with Crippen LogP contribution in [-0.4, -0.2) is 37.0 Å². The lowest BCUT2D eigenvalue weighted by Crippen LogP contribution is -2.35. The zero-order valence-corrected chi connectivity index (χ0v) is 14.6. The van der Waals surface area contributed by atoms with Crippen LogP contribution in [0.3, 0.4) is 0 Å². The molecule has 1 amide bonds. The Morgan fingerprint density at radius 2 is 2.10 bits per heavy atom. The number of piperidine rings is 1. The Morgan fingerprint density at radius 1 is 1.38 bits per heavy atom. The van der Waals surface area contributed by atoms with E-state index in [1.165, 1.54) is 25.9 Å². The van der Waals surface area contributed by atoms with Crippen LogP contribution in [0.1, 0.15) is 42.1 Å². The van der Waals surface area contributed by atoms with Crippen LogP contribution in [0.4, 0.5) is 0 Å². The van der Waals surface area contributed by atoms with E-state index in [1.54, 1.807) is 0 Å². The van der Waals surface area contributed by atoms with Crippen LogP contribution in [0.25, 0.3) is 0 Å². The number of likely N-dealkylation sites (tertiary alicyclic amines) is 1. The van der Waals surface area contributed by atoms with Gasteiger partial charge in [-0.25, -0.2) is 0 Å². The first-order valence-electron chi connectivity index (χ1n) is 7.83. The van der Waals surface area contributed by atoms with Crippen LogP contribution >= 0.6 is 15.9 Å². The van der Waals surface area contributed by atoms with E-state index in [0.717, 1.165) is 35.5 Å². The third-order valence-corrected chi connectivity index (χ3v) is 4.84. The maximum atomic E-state index is 12.1. The maximum Gasteiger partial charge on any atom is 0.252 e. The second-order valence-corrected chi connectivity index (χ2v) is 6.97. The van der Waals surface area contributed by atoms with Gasteiger partial charge in [0.25, 0.3) is 5.91 Å². The maximum absolute atomic E-state index is 12.1. The van der Waals surface area contributed by atoms with Crippen LogP contribution in [-0.2, 0) is 0 Å². The molecule has 0 bridgehead atoms. The zero-order chi connectivity index (χ0) is 15.2. The minimum atomic E-state index is 0.00846. The lowest BCUT2D eigenvalue weighted by Gasteiger charge is -2.30. The van der Waals surface area contributed by atoms with Gasteiger partial charge in [0, 0.05) is 11.0 Å². The fraction of sp³-hybridized carbons (Fsp3) is 0.588. The van der Waals surface area contributed by atoms with E-state index in [4.69, 9.17) is 0 Å². The predicted molar refractivity (Wildman–Crippen MR) is 90.7 cm³/mol. The minimum Gasteiger partial charge on any atom is -0.352 e. The van der Waals surface area contributed by atoms with Crippen molar-refractivity contribution in [2.45, 2.75) is 33.1 Å². The average Bonchev–Trinajstić information content (AvgIpc) is 2.45. The molecule has 1 aromatic rings. The molecule has 1 heterocycles. The fourth-order valence-electron chi connectivity index (χ4n) is 2.69. The van der Waals surface area contributed by atoms with E-state index in [0.29, 0.717) is 5.56 Å². The van der Waals surface area contributed by atoms with Crippen LogP contribution in [0.5, 0.6) is 0 Å². The molecule has 1 saturated heterocycles. The van der Waals surface area contributed by atoms with Crippen molar-refractivity contribution >= 4 is 21.8 Å². The summed E-state index contributed by atoms with van der Waals surface area (Å²) in [6, 6.07) is 5.82. The number of carbonyl (C=O) groups excluding carboxylic acids is 1. The molecule has 2 rings (SSSR count). The van der Waals surface area contributed by atoms with Gasteiger partial charge >= 0.3 is 0 Å². The molecule has 21 heavy (non-hydrogen) atoms. The number of halogens is 1. The molecule has 0 saturated carbocycles. The lowest BCUT2D eigenvalue weighted by molar-refractivity contribution is 0.0950. The normalized spacial score (nSPS) is 16.9. The fourth-order valence-corrected chi connectivity index (χ4v) is 3.36. The number of nitrogens with zero attached hydrogens (tertiary/aromatic N) is 1. The summed E-state index contributed by atoms with van der Waals surface area (Å²) in [5.74, 6) is 0.883. The SMILES string of the molecule is Cc1ccc(C(=O)NCCCN2CCC(C)CC2)c(Br)c1. The molecule has 3 nitrogen and oxygen atoms in total. The summed E-state index contributed by atoms with van der Waals surface area (Å²) in [5.41, 5.74) is 1.87. The van der Waals surface area contributed by atoms with E-state index < -0.39 is 0 Å². The first kappa shape index (κ1) is 16.5. The molecule has 1 aromatic carbocycles. The van der Waals surface area contributed by atoms with Gasteiger partial charge < -0.3 is 10.2 Å². The van der Waals surface area contributed by atoms with Crippen molar-refractivity contribution in [1.29, 1.82) is 0 Å². The highest BCUT2D eigenvalue weighted by molar-refractivity contribution is 9.10. The number of carbonyl (C=O) groups is 1. The van der Waals surface area contributed by atoms with E-state index in [-0.39, 0.29) is 5.91 Å². The third kappa shape index (κ3) is 5.11. The van der Waals surface area contributed by atoms with Crippen LogP contribution in [0.2, 0.25) is 0 Å². The van der Waals surface area contributed by atoms with Gasteiger partial charge in [0.05, 0.1) is 5.56 Å². The van der Waals surface area contributed by atoms with Crippen molar-refractivity contribution < 1.29 is 4.79 Å². The number of benzene rings is 1. The Morgan fingerprint density at radius 3 is 2.76 bits per heavy atom. The van der Waals surface area contributed by atoms with Crippen molar-refractivity contribution in [3.05, 3.63) is 33.8 Å². The Labute approximate surface area is 136 Å².